The van der Waals surface area contributed by atoms with Crippen molar-refractivity contribution in [2.24, 2.45) is 18.9 Å². The van der Waals surface area contributed by atoms with Crippen LogP contribution in [0.5, 0.6) is 0 Å². The molecule has 152 valence electrons. The molecule has 8 nitrogen and oxygen atoms in total. The molecular weight excluding hydrogens is 356 g/mol. The molecule has 2 fully saturated rings. The molecule has 2 aromatic heterocycles. The lowest BCUT2D eigenvalue weighted by atomic mass is 9.89. The largest absolute Gasteiger partial charge is 0.385 e. The summed E-state index contributed by atoms with van der Waals surface area (Å²) in [5, 5.41) is 18.9. The Hall–Kier alpha value is -2.22. The zero-order valence-electron chi connectivity index (χ0n) is 16.6. The Kier molecular flexibility index (Phi) is 5.75. The van der Waals surface area contributed by atoms with Crippen molar-refractivity contribution in [1.82, 2.24) is 29.4 Å². The second-order valence-electron chi connectivity index (χ2n) is 8.30. The molecule has 1 unspecified atom stereocenters. The summed E-state index contributed by atoms with van der Waals surface area (Å²) in [4.78, 5) is 18.9. The normalized spacial score (nSPS) is 20.4. The Labute approximate surface area is 165 Å². The van der Waals surface area contributed by atoms with E-state index in [1.54, 1.807) is 12.4 Å². The summed E-state index contributed by atoms with van der Waals surface area (Å²) in [5.41, 5.74) is 0.430. The van der Waals surface area contributed by atoms with Gasteiger partial charge in [-0.3, -0.25) is 9.48 Å². The number of nitrogens with zero attached hydrogens (tertiary/aromatic N) is 6. The van der Waals surface area contributed by atoms with Crippen LogP contribution in [-0.2, 0) is 13.6 Å². The summed E-state index contributed by atoms with van der Waals surface area (Å²) in [5.74, 6) is 1.41. The number of carbonyl (C=O) groups excluding carboxylic acids is 1. The number of imidazole rings is 1. The van der Waals surface area contributed by atoms with E-state index in [9.17, 15) is 9.90 Å². The molecule has 0 radical (unpaired) electrons. The summed E-state index contributed by atoms with van der Waals surface area (Å²) in [6.45, 7) is 2.11. The van der Waals surface area contributed by atoms with E-state index in [-0.39, 0.29) is 11.8 Å². The van der Waals surface area contributed by atoms with E-state index in [4.69, 9.17) is 0 Å². The molecule has 3 heterocycles. The molecule has 2 aliphatic rings. The molecule has 0 bridgehead atoms. The average Bonchev–Trinajstić information content (AvgIpc) is 3.37. The maximum Gasteiger partial charge on any atom is 0.276 e. The van der Waals surface area contributed by atoms with E-state index in [0.717, 1.165) is 19.4 Å². The quantitative estimate of drug-likeness (QED) is 0.851. The van der Waals surface area contributed by atoms with Crippen LogP contribution < -0.4 is 0 Å². The standard InChI is InChI=1S/C20H30N6O2/c1-24-12-9-21-19(24)18(27)16-7-10-25(11-8-16)20(28)17-14-26(23-22-17)13-15-5-3-2-4-6-15/h9,12,14-16,18,27H,2-8,10-11,13H2,1H3. The second kappa shape index (κ2) is 8.43. The van der Waals surface area contributed by atoms with Crippen molar-refractivity contribution >= 4 is 5.91 Å². The molecule has 1 aliphatic carbocycles. The number of aryl methyl sites for hydroxylation is 1. The fraction of sp³-hybridized carbons (Fsp3) is 0.700. The molecule has 4 rings (SSSR count). The third kappa shape index (κ3) is 4.11. The molecule has 1 aliphatic heterocycles. The molecule has 1 saturated heterocycles. The highest BCUT2D eigenvalue weighted by Gasteiger charge is 2.31. The van der Waals surface area contributed by atoms with Crippen molar-refractivity contribution in [2.75, 3.05) is 13.1 Å². The van der Waals surface area contributed by atoms with Crippen LogP contribution in [0.4, 0.5) is 0 Å². The maximum atomic E-state index is 12.8. The van der Waals surface area contributed by atoms with Crippen molar-refractivity contribution in [2.45, 2.75) is 57.6 Å². The van der Waals surface area contributed by atoms with Crippen molar-refractivity contribution < 1.29 is 9.90 Å². The zero-order chi connectivity index (χ0) is 19.5. The van der Waals surface area contributed by atoms with Crippen molar-refractivity contribution in [1.29, 1.82) is 0 Å². The first-order valence-electron chi connectivity index (χ1n) is 10.5. The monoisotopic (exact) mass is 386 g/mol. The number of hydrogen-bond donors (Lipinski definition) is 1. The van der Waals surface area contributed by atoms with E-state index >= 15 is 0 Å². The molecule has 2 aromatic rings. The van der Waals surface area contributed by atoms with Crippen LogP contribution in [0.1, 0.15) is 67.4 Å². The van der Waals surface area contributed by atoms with E-state index in [0.29, 0.717) is 30.5 Å². The lowest BCUT2D eigenvalue weighted by molar-refractivity contribution is 0.0417. The summed E-state index contributed by atoms with van der Waals surface area (Å²) < 4.78 is 3.69. The highest BCUT2D eigenvalue weighted by molar-refractivity contribution is 5.91. The topological polar surface area (TPSA) is 89.1 Å². The average molecular weight is 387 g/mol. The van der Waals surface area contributed by atoms with Crippen molar-refractivity contribution in [3.8, 4) is 0 Å². The summed E-state index contributed by atoms with van der Waals surface area (Å²) in [6, 6.07) is 0. The predicted octanol–water partition coefficient (Wildman–Crippen LogP) is 2.18. The Morgan fingerprint density at radius 3 is 2.64 bits per heavy atom. The minimum atomic E-state index is -0.589. The predicted molar refractivity (Wildman–Crippen MR) is 103 cm³/mol. The van der Waals surface area contributed by atoms with Crippen LogP contribution >= 0.6 is 0 Å². The second-order valence-corrected chi connectivity index (χ2v) is 8.30. The number of hydrogen-bond acceptors (Lipinski definition) is 5. The van der Waals surface area contributed by atoms with E-state index < -0.39 is 6.10 Å². The highest BCUT2D eigenvalue weighted by atomic mass is 16.3. The number of amides is 1. The van der Waals surface area contributed by atoms with Crippen molar-refractivity contribution in [3.63, 3.8) is 0 Å². The first kappa shape index (κ1) is 19.1. The highest BCUT2D eigenvalue weighted by Crippen LogP contribution is 2.30. The Balaban J connectivity index is 1.31. The van der Waals surface area contributed by atoms with Gasteiger partial charge >= 0.3 is 0 Å². The third-order valence-electron chi connectivity index (χ3n) is 6.32. The van der Waals surface area contributed by atoms with Gasteiger partial charge in [0, 0.05) is 39.1 Å². The van der Waals surface area contributed by atoms with E-state index in [2.05, 4.69) is 15.3 Å². The van der Waals surface area contributed by atoms with Gasteiger partial charge < -0.3 is 14.6 Å². The van der Waals surface area contributed by atoms with Gasteiger partial charge in [-0.2, -0.15) is 0 Å². The zero-order valence-corrected chi connectivity index (χ0v) is 16.6. The first-order valence-corrected chi connectivity index (χ1v) is 10.5. The number of rotatable bonds is 5. The Morgan fingerprint density at radius 1 is 1.21 bits per heavy atom. The van der Waals surface area contributed by atoms with Gasteiger partial charge in [0.25, 0.3) is 5.91 Å². The van der Waals surface area contributed by atoms with Crippen LogP contribution in [0.25, 0.3) is 0 Å². The SMILES string of the molecule is Cn1ccnc1C(O)C1CCN(C(=O)c2cn(CC3CCCCC3)nn2)CC1. The lowest BCUT2D eigenvalue weighted by Crippen LogP contribution is -2.40. The van der Waals surface area contributed by atoms with Gasteiger partial charge in [0.05, 0.1) is 6.20 Å². The summed E-state index contributed by atoms with van der Waals surface area (Å²) in [6.07, 6.45) is 12.7. The summed E-state index contributed by atoms with van der Waals surface area (Å²) in [7, 11) is 1.89. The summed E-state index contributed by atoms with van der Waals surface area (Å²) >= 11 is 0. The van der Waals surface area contributed by atoms with Gasteiger partial charge in [-0.15, -0.1) is 5.10 Å². The fourth-order valence-corrected chi connectivity index (χ4v) is 4.57. The van der Waals surface area contributed by atoms with Crippen LogP contribution in [-0.4, -0.2) is 53.5 Å². The van der Waals surface area contributed by atoms with Gasteiger partial charge in [-0.05, 0) is 37.5 Å². The molecule has 1 saturated carbocycles. The maximum absolute atomic E-state index is 12.8. The third-order valence-corrected chi connectivity index (χ3v) is 6.32. The molecule has 8 heteroatoms. The van der Waals surface area contributed by atoms with Gasteiger partial charge in [-0.1, -0.05) is 24.5 Å². The molecule has 1 amide bonds. The smallest absolute Gasteiger partial charge is 0.276 e. The fourth-order valence-electron chi connectivity index (χ4n) is 4.57. The minimum Gasteiger partial charge on any atom is -0.385 e. The number of aliphatic hydroxyl groups is 1. The minimum absolute atomic E-state index is 0.0557. The van der Waals surface area contributed by atoms with Crippen LogP contribution in [0.2, 0.25) is 0 Å². The number of piperidine rings is 1. The Bertz CT molecular complexity index is 786. The van der Waals surface area contributed by atoms with E-state index in [1.807, 2.05) is 27.4 Å². The van der Waals surface area contributed by atoms with Crippen LogP contribution in [0, 0.1) is 11.8 Å². The molecule has 1 N–H and O–H groups in total. The molecule has 0 aromatic carbocycles. The Morgan fingerprint density at radius 2 is 1.96 bits per heavy atom. The van der Waals surface area contributed by atoms with Gasteiger partial charge in [0.15, 0.2) is 5.69 Å². The number of likely N-dealkylation sites (tertiary alicyclic amines) is 1. The van der Waals surface area contributed by atoms with Gasteiger partial charge in [-0.25, -0.2) is 4.98 Å². The van der Waals surface area contributed by atoms with Gasteiger partial charge in [0.2, 0.25) is 0 Å². The number of carbonyl (C=O) groups is 1. The van der Waals surface area contributed by atoms with Crippen LogP contribution in [0.3, 0.4) is 0 Å². The molecule has 28 heavy (non-hydrogen) atoms. The van der Waals surface area contributed by atoms with Crippen LogP contribution in [0.15, 0.2) is 18.6 Å². The molecular formula is C20H30N6O2. The van der Waals surface area contributed by atoms with Gasteiger partial charge in [0.1, 0.15) is 11.9 Å². The molecule has 0 spiro atoms. The molecule has 1 atom stereocenters. The van der Waals surface area contributed by atoms with E-state index in [1.165, 1.54) is 32.1 Å². The van der Waals surface area contributed by atoms with Crippen molar-refractivity contribution in [3.05, 3.63) is 30.1 Å². The lowest BCUT2D eigenvalue weighted by Gasteiger charge is -2.33. The number of aliphatic hydroxyl groups excluding tert-OH is 1. The first-order chi connectivity index (χ1) is 13.6. The number of aromatic nitrogens is 5.